The van der Waals surface area contributed by atoms with Gasteiger partial charge in [0.15, 0.2) is 11.5 Å². The van der Waals surface area contributed by atoms with Crippen molar-refractivity contribution in [2.75, 3.05) is 42.9 Å². The van der Waals surface area contributed by atoms with Crippen LogP contribution >= 0.6 is 27.7 Å². The standard InChI is InChI=1S/C32H37BrN2O5S/c1-3-14-40-32(37)35-20-25-16-24(23-9-11-26(12-10-23)41-21-22-7-8-22)19-34(25)31(36)27-17-29(38-2)30(18-28(27)35)39-15-6-4-5-13-33/h3,9-12,17-19,22,25H,1,4-8,13-16,20-21H2,2H3/t25-/m0/s1. The van der Waals surface area contributed by atoms with Gasteiger partial charge in [-0.05, 0) is 73.8 Å². The minimum atomic E-state index is -0.528. The van der Waals surface area contributed by atoms with E-state index in [1.165, 1.54) is 29.6 Å². The molecule has 2 amide bonds. The molecule has 9 heteroatoms. The highest BCUT2D eigenvalue weighted by Crippen LogP contribution is 2.42. The van der Waals surface area contributed by atoms with Gasteiger partial charge in [0.1, 0.15) is 6.61 Å². The molecular weight excluding hydrogens is 604 g/mol. The van der Waals surface area contributed by atoms with Crippen LogP contribution in [0.25, 0.3) is 5.57 Å². The highest BCUT2D eigenvalue weighted by Gasteiger charge is 2.40. The largest absolute Gasteiger partial charge is 0.493 e. The van der Waals surface area contributed by atoms with Crippen molar-refractivity contribution in [3.8, 4) is 11.5 Å². The number of ether oxygens (including phenoxy) is 3. The Hall–Kier alpha value is -2.91. The zero-order valence-electron chi connectivity index (χ0n) is 23.5. The molecule has 1 saturated carbocycles. The lowest BCUT2D eigenvalue weighted by molar-refractivity contribution is 0.0794. The van der Waals surface area contributed by atoms with E-state index in [9.17, 15) is 9.59 Å². The summed E-state index contributed by atoms with van der Waals surface area (Å²) >= 11 is 5.36. The fourth-order valence-corrected chi connectivity index (χ4v) is 6.60. The van der Waals surface area contributed by atoms with Crippen molar-refractivity contribution in [1.29, 1.82) is 0 Å². The number of benzene rings is 2. The molecule has 3 aliphatic rings. The molecule has 0 aromatic heterocycles. The van der Waals surface area contributed by atoms with Crippen molar-refractivity contribution in [2.24, 2.45) is 5.92 Å². The molecule has 2 aliphatic heterocycles. The highest BCUT2D eigenvalue weighted by atomic mass is 79.9. The molecule has 0 spiro atoms. The fraction of sp³-hybridized carbons (Fsp3) is 0.438. The number of fused-ring (bicyclic) bond motifs is 2. The van der Waals surface area contributed by atoms with Gasteiger partial charge in [-0.2, -0.15) is 0 Å². The summed E-state index contributed by atoms with van der Waals surface area (Å²) in [5.74, 6) is 2.82. The summed E-state index contributed by atoms with van der Waals surface area (Å²) in [5.41, 5.74) is 2.99. The quantitative estimate of drug-likeness (QED) is 0.0975. The van der Waals surface area contributed by atoms with E-state index in [0.29, 0.717) is 42.3 Å². The first-order chi connectivity index (χ1) is 20.0. The second-order valence-electron chi connectivity index (χ2n) is 10.6. The summed E-state index contributed by atoms with van der Waals surface area (Å²) in [5, 5.41) is 0.956. The minimum Gasteiger partial charge on any atom is -0.493 e. The molecule has 41 heavy (non-hydrogen) atoms. The first-order valence-electron chi connectivity index (χ1n) is 14.2. The molecule has 0 radical (unpaired) electrons. The number of amides is 2. The van der Waals surface area contributed by atoms with Gasteiger partial charge in [0.25, 0.3) is 5.91 Å². The van der Waals surface area contributed by atoms with E-state index in [4.69, 9.17) is 14.2 Å². The number of unbranched alkanes of at least 4 members (excludes halogenated alkanes) is 2. The Kier molecular flexibility index (Phi) is 9.98. The van der Waals surface area contributed by atoms with E-state index in [2.05, 4.69) is 46.8 Å². The number of carbonyl (C=O) groups is 2. The van der Waals surface area contributed by atoms with Crippen LogP contribution in [0, 0.1) is 5.92 Å². The van der Waals surface area contributed by atoms with Crippen LogP contribution in [0.15, 0.2) is 60.1 Å². The fourth-order valence-electron chi connectivity index (χ4n) is 5.11. The Balaban J connectivity index is 1.42. The Morgan fingerprint density at radius 2 is 1.95 bits per heavy atom. The Bertz CT molecular complexity index is 1290. The van der Waals surface area contributed by atoms with Crippen LogP contribution in [0.2, 0.25) is 0 Å². The number of alkyl halides is 1. The summed E-state index contributed by atoms with van der Waals surface area (Å²) in [6.45, 7) is 4.54. The number of nitrogens with zero attached hydrogens (tertiary/aromatic N) is 2. The third-order valence-corrected chi connectivity index (χ3v) is 9.37. The number of halogens is 1. The van der Waals surface area contributed by atoms with Crippen molar-refractivity contribution in [3.05, 3.63) is 66.4 Å². The second kappa shape index (κ2) is 13.8. The normalized spacial score (nSPS) is 17.9. The average molecular weight is 642 g/mol. The van der Waals surface area contributed by atoms with Gasteiger partial charge in [0.05, 0.1) is 37.6 Å². The molecular formula is C32H37BrN2O5S. The third-order valence-electron chi connectivity index (χ3n) is 7.56. The Morgan fingerprint density at radius 3 is 2.66 bits per heavy atom. The Labute approximate surface area is 255 Å². The first kappa shape index (κ1) is 29.6. The lowest BCUT2D eigenvalue weighted by Crippen LogP contribution is -2.41. The molecule has 5 rings (SSSR count). The van der Waals surface area contributed by atoms with Gasteiger partial charge in [-0.1, -0.05) is 40.7 Å². The van der Waals surface area contributed by atoms with E-state index in [-0.39, 0.29) is 18.6 Å². The van der Waals surface area contributed by atoms with Crippen molar-refractivity contribution < 1.29 is 23.8 Å². The lowest BCUT2D eigenvalue weighted by Gasteiger charge is -2.26. The van der Waals surface area contributed by atoms with Crippen LogP contribution in [0.3, 0.4) is 0 Å². The number of anilines is 1. The lowest BCUT2D eigenvalue weighted by atomic mass is 10.0. The van der Waals surface area contributed by atoms with E-state index in [1.807, 2.05) is 18.0 Å². The van der Waals surface area contributed by atoms with Gasteiger partial charge in [-0.25, -0.2) is 4.79 Å². The number of hydrogen-bond acceptors (Lipinski definition) is 6. The molecule has 0 bridgehead atoms. The molecule has 0 unspecified atom stereocenters. The number of methoxy groups -OCH3 is 1. The molecule has 2 aromatic rings. The van der Waals surface area contributed by atoms with Crippen LogP contribution < -0.4 is 14.4 Å². The molecule has 7 nitrogen and oxygen atoms in total. The van der Waals surface area contributed by atoms with E-state index < -0.39 is 6.09 Å². The number of rotatable bonds is 13. The maximum Gasteiger partial charge on any atom is 0.414 e. The van der Waals surface area contributed by atoms with Crippen LogP contribution in [-0.2, 0) is 4.74 Å². The van der Waals surface area contributed by atoms with Gasteiger partial charge in [-0.3, -0.25) is 9.69 Å². The SMILES string of the molecule is C=CCOC(=O)N1C[C@@H]2CC(c3ccc(SCC4CC4)cc3)=CN2C(=O)c2cc(OC)c(OCCCCCBr)cc21. The van der Waals surface area contributed by atoms with Crippen molar-refractivity contribution in [1.82, 2.24) is 4.90 Å². The molecule has 0 N–H and O–H groups in total. The minimum absolute atomic E-state index is 0.0781. The molecule has 1 fully saturated rings. The van der Waals surface area contributed by atoms with Crippen molar-refractivity contribution in [3.63, 3.8) is 0 Å². The number of thioether (sulfide) groups is 1. The van der Waals surface area contributed by atoms with Crippen LogP contribution in [0.5, 0.6) is 11.5 Å². The smallest absolute Gasteiger partial charge is 0.414 e. The summed E-state index contributed by atoms with van der Waals surface area (Å²) in [6, 6.07) is 11.8. The van der Waals surface area contributed by atoms with Gasteiger partial charge >= 0.3 is 6.09 Å². The van der Waals surface area contributed by atoms with Crippen LogP contribution in [0.1, 0.15) is 54.4 Å². The van der Waals surface area contributed by atoms with E-state index in [0.717, 1.165) is 41.6 Å². The number of carbonyl (C=O) groups excluding carboxylic acids is 2. The molecule has 0 saturated heterocycles. The monoisotopic (exact) mass is 640 g/mol. The summed E-state index contributed by atoms with van der Waals surface area (Å²) in [4.78, 5) is 31.8. The molecule has 218 valence electrons. The van der Waals surface area contributed by atoms with Crippen molar-refractivity contribution in [2.45, 2.75) is 49.5 Å². The Morgan fingerprint density at radius 1 is 1.15 bits per heavy atom. The molecule has 1 aliphatic carbocycles. The highest BCUT2D eigenvalue weighted by molar-refractivity contribution is 9.09. The number of hydrogen-bond donors (Lipinski definition) is 0. The van der Waals surface area contributed by atoms with Gasteiger partial charge in [-0.15, -0.1) is 11.8 Å². The van der Waals surface area contributed by atoms with Crippen LogP contribution in [0.4, 0.5) is 10.5 Å². The summed E-state index contributed by atoms with van der Waals surface area (Å²) in [6.07, 6.45) is 9.26. The van der Waals surface area contributed by atoms with E-state index in [1.54, 1.807) is 29.0 Å². The van der Waals surface area contributed by atoms with Gasteiger partial charge in [0, 0.05) is 28.2 Å². The zero-order chi connectivity index (χ0) is 28.8. The third kappa shape index (κ3) is 7.12. The zero-order valence-corrected chi connectivity index (χ0v) is 25.9. The van der Waals surface area contributed by atoms with Gasteiger partial charge in [0.2, 0.25) is 0 Å². The first-order valence-corrected chi connectivity index (χ1v) is 16.4. The molecule has 2 aromatic carbocycles. The van der Waals surface area contributed by atoms with Gasteiger partial charge < -0.3 is 19.1 Å². The molecule has 1 atom stereocenters. The average Bonchev–Trinajstić information content (AvgIpc) is 3.75. The maximum atomic E-state index is 14.0. The maximum absolute atomic E-state index is 14.0. The second-order valence-corrected chi connectivity index (χ2v) is 12.5. The van der Waals surface area contributed by atoms with Crippen LogP contribution in [-0.4, -0.2) is 60.9 Å². The molecule has 2 heterocycles. The summed E-state index contributed by atoms with van der Waals surface area (Å²) < 4.78 is 17.1. The van der Waals surface area contributed by atoms with E-state index >= 15 is 0 Å². The summed E-state index contributed by atoms with van der Waals surface area (Å²) in [7, 11) is 1.56. The predicted molar refractivity (Wildman–Crippen MR) is 167 cm³/mol. The predicted octanol–water partition coefficient (Wildman–Crippen LogP) is 7.54. The topological polar surface area (TPSA) is 68.3 Å². The van der Waals surface area contributed by atoms with Crippen molar-refractivity contribution >= 4 is 51.0 Å².